The summed E-state index contributed by atoms with van der Waals surface area (Å²) in [5.74, 6) is 0.505. The van der Waals surface area contributed by atoms with Gasteiger partial charge in [0.1, 0.15) is 11.8 Å². The van der Waals surface area contributed by atoms with Gasteiger partial charge in [-0.15, -0.1) is 0 Å². The molecule has 5 heteroatoms. The van der Waals surface area contributed by atoms with Gasteiger partial charge in [-0.2, -0.15) is 0 Å². The van der Waals surface area contributed by atoms with Crippen molar-refractivity contribution in [3.8, 4) is 5.75 Å². The van der Waals surface area contributed by atoms with Crippen molar-refractivity contribution in [1.29, 1.82) is 0 Å². The normalized spacial score (nSPS) is 11.9. The van der Waals surface area contributed by atoms with Gasteiger partial charge in [-0.25, -0.2) is 0 Å². The second-order valence-electron chi connectivity index (χ2n) is 3.59. The Morgan fingerprint density at radius 3 is 2.76 bits per heavy atom. The fourth-order valence-electron chi connectivity index (χ4n) is 1.42. The molecule has 0 saturated carbocycles. The first kappa shape index (κ1) is 13.5. The zero-order chi connectivity index (χ0) is 12.7. The molecule has 1 unspecified atom stereocenters. The monoisotopic (exact) mass is 238 g/mol. The molecule has 1 aromatic rings. The average Bonchev–Trinajstić information content (AvgIpc) is 2.36. The second kappa shape index (κ2) is 6.88. The summed E-state index contributed by atoms with van der Waals surface area (Å²) >= 11 is 0. The van der Waals surface area contributed by atoms with Gasteiger partial charge in [-0.1, -0.05) is 18.2 Å². The van der Waals surface area contributed by atoms with Crippen molar-refractivity contribution >= 4 is 5.91 Å². The topological polar surface area (TPSA) is 73.6 Å². The molecule has 0 aromatic heterocycles. The highest BCUT2D eigenvalue weighted by molar-refractivity contribution is 5.81. The number of hydrogen-bond acceptors (Lipinski definition) is 4. The SMILES string of the molecule is COCC(N)C(=O)NCc1ccccc1OC. The van der Waals surface area contributed by atoms with Crippen molar-refractivity contribution < 1.29 is 14.3 Å². The van der Waals surface area contributed by atoms with Crippen molar-refractivity contribution in [2.75, 3.05) is 20.8 Å². The van der Waals surface area contributed by atoms with E-state index in [1.165, 1.54) is 7.11 Å². The zero-order valence-electron chi connectivity index (χ0n) is 10.1. The predicted octanol–water partition coefficient (Wildman–Crippen LogP) is 0.285. The van der Waals surface area contributed by atoms with Gasteiger partial charge in [0.25, 0.3) is 0 Å². The number of rotatable bonds is 6. The number of amides is 1. The van der Waals surface area contributed by atoms with E-state index in [1.807, 2.05) is 24.3 Å². The van der Waals surface area contributed by atoms with E-state index >= 15 is 0 Å². The Labute approximate surface area is 101 Å². The van der Waals surface area contributed by atoms with E-state index in [1.54, 1.807) is 7.11 Å². The fraction of sp³-hybridized carbons (Fsp3) is 0.417. The van der Waals surface area contributed by atoms with Gasteiger partial charge in [0.05, 0.1) is 13.7 Å². The summed E-state index contributed by atoms with van der Waals surface area (Å²) in [4.78, 5) is 11.5. The molecule has 0 aliphatic carbocycles. The molecule has 17 heavy (non-hydrogen) atoms. The molecule has 0 heterocycles. The minimum absolute atomic E-state index is 0.206. The molecule has 0 fully saturated rings. The lowest BCUT2D eigenvalue weighted by Crippen LogP contribution is -2.43. The first-order valence-electron chi connectivity index (χ1n) is 5.33. The third-order valence-corrected chi connectivity index (χ3v) is 2.33. The lowest BCUT2D eigenvalue weighted by molar-refractivity contribution is -0.123. The molecule has 0 aliphatic rings. The van der Waals surface area contributed by atoms with Crippen LogP contribution in [0.4, 0.5) is 0 Å². The Kier molecular flexibility index (Phi) is 5.45. The van der Waals surface area contributed by atoms with Gasteiger partial charge in [-0.3, -0.25) is 4.79 Å². The number of hydrogen-bond donors (Lipinski definition) is 2. The largest absolute Gasteiger partial charge is 0.496 e. The van der Waals surface area contributed by atoms with Crippen LogP contribution >= 0.6 is 0 Å². The predicted molar refractivity (Wildman–Crippen MR) is 64.7 cm³/mol. The summed E-state index contributed by atoms with van der Waals surface area (Å²) in [6.45, 7) is 0.595. The Morgan fingerprint density at radius 1 is 1.41 bits per heavy atom. The van der Waals surface area contributed by atoms with Crippen LogP contribution in [0.25, 0.3) is 0 Å². The number of para-hydroxylation sites is 1. The number of methoxy groups -OCH3 is 2. The number of carbonyl (C=O) groups is 1. The van der Waals surface area contributed by atoms with Crippen molar-refractivity contribution in [2.45, 2.75) is 12.6 Å². The van der Waals surface area contributed by atoms with Crippen LogP contribution in [0.3, 0.4) is 0 Å². The van der Waals surface area contributed by atoms with Crippen LogP contribution < -0.4 is 15.8 Å². The number of benzene rings is 1. The maximum absolute atomic E-state index is 11.5. The van der Waals surface area contributed by atoms with E-state index in [0.717, 1.165) is 11.3 Å². The molecule has 1 atom stereocenters. The summed E-state index contributed by atoms with van der Waals surface area (Å²) in [6, 6.07) is 6.85. The summed E-state index contributed by atoms with van der Waals surface area (Å²) < 4.78 is 9.99. The van der Waals surface area contributed by atoms with Gasteiger partial charge in [0.2, 0.25) is 5.91 Å². The Bertz CT molecular complexity index is 369. The second-order valence-corrected chi connectivity index (χ2v) is 3.59. The van der Waals surface area contributed by atoms with Crippen LogP contribution in [0, 0.1) is 0 Å². The van der Waals surface area contributed by atoms with E-state index in [2.05, 4.69) is 5.32 Å². The van der Waals surface area contributed by atoms with Crippen molar-refractivity contribution in [2.24, 2.45) is 5.73 Å². The molecular weight excluding hydrogens is 220 g/mol. The van der Waals surface area contributed by atoms with E-state index in [9.17, 15) is 4.79 Å². The maximum atomic E-state index is 11.5. The number of carbonyl (C=O) groups excluding carboxylic acids is 1. The average molecular weight is 238 g/mol. The van der Waals surface area contributed by atoms with Crippen LogP contribution in [-0.2, 0) is 16.1 Å². The van der Waals surface area contributed by atoms with E-state index < -0.39 is 6.04 Å². The molecule has 1 amide bonds. The first-order valence-corrected chi connectivity index (χ1v) is 5.33. The third kappa shape index (κ3) is 4.05. The van der Waals surface area contributed by atoms with Gasteiger partial charge in [-0.05, 0) is 6.07 Å². The molecule has 3 N–H and O–H groups in total. The minimum Gasteiger partial charge on any atom is -0.496 e. The Hall–Kier alpha value is -1.59. The fourth-order valence-corrected chi connectivity index (χ4v) is 1.42. The molecule has 94 valence electrons. The number of nitrogens with two attached hydrogens (primary N) is 1. The van der Waals surface area contributed by atoms with Crippen molar-refractivity contribution in [1.82, 2.24) is 5.32 Å². The lowest BCUT2D eigenvalue weighted by atomic mass is 10.2. The summed E-state index contributed by atoms with van der Waals surface area (Å²) in [6.07, 6.45) is 0. The molecule has 0 saturated heterocycles. The van der Waals surface area contributed by atoms with Crippen LogP contribution in [0.5, 0.6) is 5.75 Å². The highest BCUT2D eigenvalue weighted by Gasteiger charge is 2.13. The quantitative estimate of drug-likeness (QED) is 0.747. The van der Waals surface area contributed by atoms with Gasteiger partial charge in [0.15, 0.2) is 0 Å². The highest BCUT2D eigenvalue weighted by Crippen LogP contribution is 2.16. The maximum Gasteiger partial charge on any atom is 0.239 e. The summed E-state index contributed by atoms with van der Waals surface area (Å²) in [5.41, 5.74) is 6.50. The first-order chi connectivity index (χ1) is 8.19. The lowest BCUT2D eigenvalue weighted by Gasteiger charge is -2.12. The number of ether oxygens (including phenoxy) is 2. The van der Waals surface area contributed by atoms with Gasteiger partial charge < -0.3 is 20.5 Å². The standard InChI is InChI=1S/C12H18N2O3/c1-16-8-10(13)12(15)14-7-9-5-3-4-6-11(9)17-2/h3-6,10H,7-8,13H2,1-2H3,(H,14,15). The third-order valence-electron chi connectivity index (χ3n) is 2.33. The molecule has 5 nitrogen and oxygen atoms in total. The van der Waals surface area contributed by atoms with Gasteiger partial charge >= 0.3 is 0 Å². The van der Waals surface area contributed by atoms with Crippen LogP contribution in [0.15, 0.2) is 24.3 Å². The van der Waals surface area contributed by atoms with E-state index in [-0.39, 0.29) is 12.5 Å². The van der Waals surface area contributed by atoms with Crippen LogP contribution in [0.2, 0.25) is 0 Å². The van der Waals surface area contributed by atoms with Gasteiger partial charge in [0, 0.05) is 19.2 Å². The summed E-state index contributed by atoms with van der Waals surface area (Å²) in [5, 5.41) is 2.73. The molecule has 0 bridgehead atoms. The summed E-state index contributed by atoms with van der Waals surface area (Å²) in [7, 11) is 3.10. The van der Waals surface area contributed by atoms with Crippen LogP contribution in [-0.4, -0.2) is 32.8 Å². The zero-order valence-corrected chi connectivity index (χ0v) is 10.1. The molecule has 0 spiro atoms. The molecular formula is C12H18N2O3. The van der Waals surface area contributed by atoms with Crippen molar-refractivity contribution in [3.05, 3.63) is 29.8 Å². The van der Waals surface area contributed by atoms with Crippen LogP contribution in [0.1, 0.15) is 5.56 Å². The number of nitrogens with one attached hydrogen (secondary N) is 1. The molecule has 0 aliphatic heterocycles. The molecule has 1 aromatic carbocycles. The molecule has 1 rings (SSSR count). The smallest absolute Gasteiger partial charge is 0.239 e. The minimum atomic E-state index is -0.644. The molecule has 0 radical (unpaired) electrons. The van der Waals surface area contributed by atoms with E-state index in [4.69, 9.17) is 15.2 Å². The Balaban J connectivity index is 2.52. The Morgan fingerprint density at radius 2 is 2.12 bits per heavy atom. The highest BCUT2D eigenvalue weighted by atomic mass is 16.5. The van der Waals surface area contributed by atoms with E-state index in [0.29, 0.717) is 6.54 Å². The van der Waals surface area contributed by atoms with Crippen molar-refractivity contribution in [3.63, 3.8) is 0 Å².